The first-order chi connectivity index (χ1) is 17.6. The number of hydrogen-bond acceptors (Lipinski definition) is 6. The number of aromatic nitrogens is 3. The van der Waals surface area contributed by atoms with Gasteiger partial charge in [-0.25, -0.2) is 14.4 Å². The maximum atomic E-state index is 13.9. The summed E-state index contributed by atoms with van der Waals surface area (Å²) in [4.78, 5) is 63.1. The van der Waals surface area contributed by atoms with Crippen molar-refractivity contribution in [3.8, 4) is 0 Å². The molecule has 192 valence electrons. The summed E-state index contributed by atoms with van der Waals surface area (Å²) >= 11 is 5.91. The Morgan fingerprint density at radius 2 is 1.92 bits per heavy atom. The van der Waals surface area contributed by atoms with E-state index in [1.54, 1.807) is 24.3 Å². The molecule has 1 N–H and O–H groups in total. The molecule has 10 nitrogen and oxygen atoms in total. The maximum absolute atomic E-state index is 13.9. The van der Waals surface area contributed by atoms with E-state index in [9.17, 15) is 23.6 Å². The summed E-state index contributed by atoms with van der Waals surface area (Å²) in [6, 6.07) is 8.18. The lowest BCUT2D eigenvalue weighted by Gasteiger charge is -2.42. The van der Waals surface area contributed by atoms with Gasteiger partial charge in [-0.1, -0.05) is 23.7 Å². The molecule has 5 rings (SSSR count). The van der Waals surface area contributed by atoms with Crippen LogP contribution in [0.15, 0.2) is 41.3 Å². The molecule has 2 aliphatic heterocycles. The Labute approximate surface area is 216 Å². The molecule has 12 heteroatoms. The third kappa shape index (κ3) is 5.04. The van der Waals surface area contributed by atoms with Crippen molar-refractivity contribution in [2.45, 2.75) is 38.5 Å². The number of likely N-dealkylation sites (tertiary alicyclic amines) is 1. The number of nitrogens with one attached hydrogen (secondary N) is 1. The van der Waals surface area contributed by atoms with Crippen LogP contribution in [0.2, 0.25) is 5.02 Å². The van der Waals surface area contributed by atoms with Gasteiger partial charge in [0.15, 0.2) is 11.5 Å². The zero-order valence-corrected chi connectivity index (χ0v) is 20.8. The Morgan fingerprint density at radius 3 is 2.57 bits per heavy atom. The summed E-state index contributed by atoms with van der Waals surface area (Å²) in [6.07, 6.45) is 2.46. The summed E-state index contributed by atoms with van der Waals surface area (Å²) in [5.41, 5.74) is -1.38. The highest BCUT2D eigenvalue weighted by Gasteiger charge is 2.41. The third-order valence-electron chi connectivity index (χ3n) is 6.43. The molecule has 0 aliphatic carbocycles. The van der Waals surface area contributed by atoms with E-state index in [1.807, 2.05) is 0 Å². The number of benzene rings is 1. The van der Waals surface area contributed by atoms with E-state index in [1.165, 1.54) is 29.0 Å². The van der Waals surface area contributed by atoms with Gasteiger partial charge in [0.05, 0.1) is 19.3 Å². The highest BCUT2D eigenvalue weighted by molar-refractivity contribution is 6.30. The van der Waals surface area contributed by atoms with Gasteiger partial charge < -0.3 is 10.2 Å². The number of amides is 3. The van der Waals surface area contributed by atoms with Crippen LogP contribution < -0.4 is 15.8 Å². The predicted molar refractivity (Wildman–Crippen MR) is 134 cm³/mol. The second kappa shape index (κ2) is 9.55. The summed E-state index contributed by atoms with van der Waals surface area (Å²) in [5.74, 6) is -0.925. The Balaban J connectivity index is 1.50. The van der Waals surface area contributed by atoms with Gasteiger partial charge >= 0.3 is 0 Å². The normalized spacial score (nSPS) is 16.7. The Kier molecular flexibility index (Phi) is 6.40. The molecule has 0 spiro atoms. The van der Waals surface area contributed by atoms with Gasteiger partial charge in [0.1, 0.15) is 23.3 Å². The average molecular weight is 527 g/mol. The standard InChI is InChI=1S/C25H24ClFN6O4/c1-25(27)13-31(14-25)21(35)12-33-22-18(30-19(11-28-22)32-8-2-3-20(32)34)9-17(24(33)37)23(36)29-10-15-4-6-16(26)7-5-15/h4-7,9,11H,2-3,8,10,12-14H2,1H3,(H,29,36). The molecule has 0 unspecified atom stereocenters. The molecule has 1 aromatic carbocycles. The van der Waals surface area contributed by atoms with Crippen LogP contribution in [0.3, 0.4) is 0 Å². The fourth-order valence-corrected chi connectivity index (χ4v) is 4.63. The minimum Gasteiger partial charge on any atom is -0.348 e. The second-order valence-electron chi connectivity index (χ2n) is 9.51. The van der Waals surface area contributed by atoms with Crippen LogP contribution in [0.25, 0.3) is 11.2 Å². The zero-order valence-electron chi connectivity index (χ0n) is 20.0. The number of fused-ring (bicyclic) bond motifs is 1. The topological polar surface area (TPSA) is 117 Å². The lowest BCUT2D eigenvalue weighted by molar-refractivity contribution is -0.144. The summed E-state index contributed by atoms with van der Waals surface area (Å²) in [5, 5.41) is 3.25. The Bertz CT molecular complexity index is 1460. The number of carbonyl (C=O) groups excluding carboxylic acids is 3. The number of rotatable bonds is 6. The van der Waals surface area contributed by atoms with E-state index in [2.05, 4.69) is 15.3 Å². The summed E-state index contributed by atoms with van der Waals surface area (Å²) in [6.45, 7) is 1.45. The smallest absolute Gasteiger partial charge is 0.265 e. The van der Waals surface area contributed by atoms with E-state index in [-0.39, 0.29) is 42.3 Å². The lowest BCUT2D eigenvalue weighted by atomic mass is 9.99. The quantitative estimate of drug-likeness (QED) is 0.525. The molecule has 0 bridgehead atoms. The van der Waals surface area contributed by atoms with Crippen LogP contribution in [-0.4, -0.2) is 62.5 Å². The first-order valence-corrected chi connectivity index (χ1v) is 12.2. The highest BCUT2D eigenvalue weighted by Crippen LogP contribution is 2.25. The highest BCUT2D eigenvalue weighted by atomic mass is 35.5. The zero-order chi connectivity index (χ0) is 26.3. The van der Waals surface area contributed by atoms with Crippen LogP contribution >= 0.6 is 11.6 Å². The molecule has 2 aromatic heterocycles. The largest absolute Gasteiger partial charge is 0.348 e. The number of carbonyl (C=O) groups is 3. The number of alkyl halides is 1. The fourth-order valence-electron chi connectivity index (χ4n) is 4.50. The number of nitrogens with zero attached hydrogens (tertiary/aromatic N) is 5. The van der Waals surface area contributed by atoms with Gasteiger partial charge in [0, 0.05) is 24.5 Å². The van der Waals surface area contributed by atoms with Crippen molar-refractivity contribution < 1.29 is 18.8 Å². The van der Waals surface area contributed by atoms with Crippen molar-refractivity contribution in [3.63, 3.8) is 0 Å². The van der Waals surface area contributed by atoms with Crippen molar-refractivity contribution in [2.75, 3.05) is 24.5 Å². The Morgan fingerprint density at radius 1 is 1.19 bits per heavy atom. The molecule has 0 atom stereocenters. The molecular formula is C25H24ClFN6O4. The van der Waals surface area contributed by atoms with Crippen molar-refractivity contribution in [1.82, 2.24) is 24.8 Å². The number of halogens is 2. The van der Waals surface area contributed by atoms with Gasteiger partial charge in [-0.05, 0) is 37.1 Å². The van der Waals surface area contributed by atoms with Crippen LogP contribution in [0.1, 0.15) is 35.7 Å². The summed E-state index contributed by atoms with van der Waals surface area (Å²) < 4.78 is 15.0. The molecule has 4 heterocycles. The number of hydrogen-bond donors (Lipinski definition) is 1. The molecule has 0 radical (unpaired) electrons. The van der Waals surface area contributed by atoms with Gasteiger partial charge in [-0.2, -0.15) is 0 Å². The van der Waals surface area contributed by atoms with Crippen molar-refractivity contribution in [1.29, 1.82) is 0 Å². The van der Waals surface area contributed by atoms with Gasteiger partial charge in [-0.15, -0.1) is 0 Å². The van der Waals surface area contributed by atoms with E-state index >= 15 is 0 Å². The SMILES string of the molecule is CC1(F)CN(C(=O)Cn2c(=O)c(C(=O)NCc3ccc(Cl)cc3)cc3nc(N4CCCC4=O)cnc32)C1. The second-order valence-corrected chi connectivity index (χ2v) is 9.94. The molecule has 0 saturated carbocycles. The predicted octanol–water partition coefficient (Wildman–Crippen LogP) is 2.07. The van der Waals surface area contributed by atoms with Crippen LogP contribution in [0.5, 0.6) is 0 Å². The van der Waals surface area contributed by atoms with E-state index in [4.69, 9.17) is 11.6 Å². The van der Waals surface area contributed by atoms with Gasteiger partial charge in [0.25, 0.3) is 11.5 Å². The van der Waals surface area contributed by atoms with E-state index in [0.29, 0.717) is 30.2 Å². The number of pyridine rings is 1. The molecule has 2 fully saturated rings. The van der Waals surface area contributed by atoms with Crippen LogP contribution in [-0.2, 0) is 22.7 Å². The van der Waals surface area contributed by atoms with Crippen molar-refractivity contribution >= 4 is 46.3 Å². The maximum Gasteiger partial charge on any atom is 0.265 e. The first-order valence-electron chi connectivity index (χ1n) is 11.8. The minimum absolute atomic E-state index is 0.0767. The van der Waals surface area contributed by atoms with Gasteiger partial charge in [0.2, 0.25) is 11.8 Å². The minimum atomic E-state index is -1.47. The fraction of sp³-hybridized carbons (Fsp3) is 0.360. The monoisotopic (exact) mass is 526 g/mol. The first kappa shape index (κ1) is 24.8. The van der Waals surface area contributed by atoms with Crippen molar-refractivity contribution in [2.24, 2.45) is 0 Å². The molecule has 37 heavy (non-hydrogen) atoms. The molecule has 3 amide bonds. The van der Waals surface area contributed by atoms with Gasteiger partial charge in [-0.3, -0.25) is 28.6 Å². The molecule has 3 aromatic rings. The molecule has 2 saturated heterocycles. The van der Waals surface area contributed by atoms with Crippen LogP contribution in [0.4, 0.5) is 10.2 Å². The van der Waals surface area contributed by atoms with E-state index < -0.39 is 29.6 Å². The number of anilines is 1. The molecular weight excluding hydrogens is 503 g/mol. The third-order valence-corrected chi connectivity index (χ3v) is 6.68. The Hall–Kier alpha value is -3.86. The van der Waals surface area contributed by atoms with E-state index in [0.717, 1.165) is 10.1 Å². The summed E-state index contributed by atoms with van der Waals surface area (Å²) in [7, 11) is 0. The van der Waals surface area contributed by atoms with Crippen molar-refractivity contribution in [3.05, 3.63) is 63.0 Å². The lowest BCUT2D eigenvalue weighted by Crippen LogP contribution is -2.60. The molecule has 2 aliphatic rings. The average Bonchev–Trinajstić information content (AvgIpc) is 3.28. The van der Waals surface area contributed by atoms with Crippen LogP contribution in [0, 0.1) is 0 Å².